The molecule has 0 atom stereocenters. The van der Waals surface area contributed by atoms with Crippen LogP contribution in [-0.2, 0) is 17.8 Å². The molecule has 6 aromatic rings. The number of pyridine rings is 2. The molecule has 4 heterocycles. The lowest BCUT2D eigenvalue weighted by atomic mass is 10.0. The van der Waals surface area contributed by atoms with Crippen molar-refractivity contribution in [1.29, 1.82) is 0 Å². The molecule has 4 aromatic heterocycles. The van der Waals surface area contributed by atoms with Gasteiger partial charge in [-0.25, -0.2) is 13.8 Å². The van der Waals surface area contributed by atoms with Crippen LogP contribution in [0.25, 0.3) is 22.5 Å². The minimum atomic E-state index is -0.487. The molecular formula is C42H44FN9O6. The molecule has 2 N–H and O–H groups in total. The normalized spacial score (nSPS) is 10.8. The van der Waals surface area contributed by atoms with Gasteiger partial charge in [-0.1, -0.05) is 12.1 Å². The largest absolute Gasteiger partial charge is 0.497 e. The molecule has 0 aliphatic rings. The van der Waals surface area contributed by atoms with Crippen LogP contribution in [0.5, 0.6) is 5.75 Å². The van der Waals surface area contributed by atoms with Gasteiger partial charge in [0.1, 0.15) is 40.9 Å². The third-order valence-corrected chi connectivity index (χ3v) is 8.51. The summed E-state index contributed by atoms with van der Waals surface area (Å²) in [5.74, 6) is -0.462. The summed E-state index contributed by atoms with van der Waals surface area (Å²) in [7, 11) is 6.57. The van der Waals surface area contributed by atoms with Gasteiger partial charge in [0, 0.05) is 73.6 Å². The Morgan fingerprint density at radius 2 is 1.24 bits per heavy atom. The van der Waals surface area contributed by atoms with E-state index in [-0.39, 0.29) is 47.0 Å². The average Bonchev–Trinajstić information content (AvgIpc) is 3.22. The van der Waals surface area contributed by atoms with E-state index in [4.69, 9.17) is 9.47 Å². The standard InChI is InChI=1S/C22H25N5O3.C20H19FN4O3/c1-5-27-22(29)21(24-16-9-6-10-17(12-16)30-4)19(18(28)14-26(2)3)20(25-27)15-8-7-11-23-13-15;1-3-25-20(27)19(23-15-8-4-7-14(21)10-15)17(16(26)12-28-2)18(24-25)13-6-5-9-22-11-13/h6-13,24H,5,14H2,1-4H3;4-11,23H,3,12H2,1-2H3. The van der Waals surface area contributed by atoms with E-state index in [9.17, 15) is 23.6 Å². The van der Waals surface area contributed by atoms with Crippen LogP contribution >= 0.6 is 0 Å². The number of carbonyl (C=O) groups is 2. The number of Topliss-reactive ketones (excluding diaryl/α,β-unsaturated/α-hetero) is 2. The molecule has 0 saturated carbocycles. The molecule has 0 amide bonds. The first-order valence-corrected chi connectivity index (χ1v) is 18.2. The summed E-state index contributed by atoms with van der Waals surface area (Å²) < 4.78 is 26.5. The monoisotopic (exact) mass is 789 g/mol. The van der Waals surface area contributed by atoms with Crippen LogP contribution in [0.1, 0.15) is 34.6 Å². The second-order valence-electron chi connectivity index (χ2n) is 12.9. The zero-order valence-electron chi connectivity index (χ0n) is 33.0. The minimum absolute atomic E-state index is 0.0170. The Labute approximate surface area is 334 Å². The molecule has 16 heteroatoms. The Kier molecular flexibility index (Phi) is 14.4. The number of hydrogen-bond acceptors (Lipinski definition) is 13. The number of hydrogen-bond donors (Lipinski definition) is 2. The summed E-state index contributed by atoms with van der Waals surface area (Å²) in [6, 6.07) is 19.9. The maximum absolute atomic E-state index is 13.6. The van der Waals surface area contributed by atoms with Gasteiger partial charge in [-0.2, -0.15) is 10.2 Å². The van der Waals surface area contributed by atoms with Crippen molar-refractivity contribution in [3.8, 4) is 28.3 Å². The van der Waals surface area contributed by atoms with Crippen LogP contribution < -0.4 is 26.5 Å². The first-order valence-electron chi connectivity index (χ1n) is 18.2. The van der Waals surface area contributed by atoms with Gasteiger partial charge >= 0.3 is 0 Å². The van der Waals surface area contributed by atoms with Crippen molar-refractivity contribution in [3.05, 3.63) is 135 Å². The number of aromatic nitrogens is 6. The lowest BCUT2D eigenvalue weighted by Gasteiger charge is -2.18. The van der Waals surface area contributed by atoms with Gasteiger partial charge in [-0.3, -0.25) is 29.1 Å². The lowest BCUT2D eigenvalue weighted by molar-refractivity contribution is 0.0848. The first-order chi connectivity index (χ1) is 28.0. The van der Waals surface area contributed by atoms with E-state index < -0.39 is 17.2 Å². The van der Waals surface area contributed by atoms with E-state index in [2.05, 4.69) is 30.8 Å². The third kappa shape index (κ3) is 10.1. The zero-order chi connectivity index (χ0) is 41.8. The Bertz CT molecular complexity index is 2490. The quantitative estimate of drug-likeness (QED) is 0.119. The summed E-state index contributed by atoms with van der Waals surface area (Å²) in [5.41, 5.74) is 2.61. The van der Waals surface area contributed by atoms with E-state index in [1.54, 1.807) is 94.2 Å². The summed E-state index contributed by atoms with van der Waals surface area (Å²) in [4.78, 5) is 62.1. The molecule has 0 radical (unpaired) electrons. The van der Waals surface area contributed by atoms with Crippen molar-refractivity contribution in [2.75, 3.05) is 52.1 Å². The Morgan fingerprint density at radius 1 is 0.724 bits per heavy atom. The van der Waals surface area contributed by atoms with Gasteiger partial charge < -0.3 is 25.0 Å². The number of carbonyl (C=O) groups excluding carboxylic acids is 2. The lowest BCUT2D eigenvalue weighted by Crippen LogP contribution is -2.31. The molecule has 2 aromatic carbocycles. The van der Waals surface area contributed by atoms with Crippen LogP contribution in [0.15, 0.2) is 107 Å². The van der Waals surface area contributed by atoms with Gasteiger partial charge in [0.05, 0.1) is 24.8 Å². The molecule has 6 rings (SSSR count). The number of halogens is 1. The van der Waals surface area contributed by atoms with E-state index in [1.165, 1.54) is 34.7 Å². The van der Waals surface area contributed by atoms with Crippen LogP contribution in [0.3, 0.4) is 0 Å². The molecule has 0 aliphatic heterocycles. The molecular weight excluding hydrogens is 746 g/mol. The minimum Gasteiger partial charge on any atom is -0.497 e. The number of anilines is 4. The highest BCUT2D eigenvalue weighted by Gasteiger charge is 2.26. The summed E-state index contributed by atoms with van der Waals surface area (Å²) in [6.45, 7) is 4.16. The van der Waals surface area contributed by atoms with Gasteiger partial charge in [0.15, 0.2) is 11.6 Å². The molecule has 0 spiro atoms. The van der Waals surface area contributed by atoms with E-state index in [0.29, 0.717) is 52.7 Å². The highest BCUT2D eigenvalue weighted by Crippen LogP contribution is 2.30. The van der Waals surface area contributed by atoms with Gasteiger partial charge in [-0.15, -0.1) is 0 Å². The predicted octanol–water partition coefficient (Wildman–Crippen LogP) is 5.86. The van der Waals surface area contributed by atoms with Gasteiger partial charge in [-0.05, 0) is 82.5 Å². The fraction of sp³-hybridized carbons (Fsp3) is 0.238. The molecule has 58 heavy (non-hydrogen) atoms. The zero-order valence-corrected chi connectivity index (χ0v) is 33.0. The number of nitrogens with one attached hydrogen (secondary N) is 2. The van der Waals surface area contributed by atoms with Crippen molar-refractivity contribution in [1.82, 2.24) is 34.4 Å². The topological polar surface area (TPSA) is 175 Å². The second-order valence-corrected chi connectivity index (χ2v) is 12.9. The van der Waals surface area contributed by atoms with Crippen molar-refractivity contribution in [2.45, 2.75) is 26.9 Å². The van der Waals surface area contributed by atoms with E-state index in [0.717, 1.165) is 0 Å². The number of rotatable bonds is 15. The van der Waals surface area contributed by atoms with Crippen molar-refractivity contribution in [3.63, 3.8) is 0 Å². The molecule has 0 aliphatic carbocycles. The summed E-state index contributed by atoms with van der Waals surface area (Å²) >= 11 is 0. The number of aryl methyl sites for hydroxylation is 2. The van der Waals surface area contributed by atoms with Gasteiger partial charge in [0.25, 0.3) is 11.1 Å². The van der Waals surface area contributed by atoms with Crippen molar-refractivity contribution >= 4 is 34.3 Å². The summed E-state index contributed by atoms with van der Waals surface area (Å²) in [5, 5.41) is 14.9. The predicted molar refractivity (Wildman–Crippen MR) is 220 cm³/mol. The van der Waals surface area contributed by atoms with Crippen molar-refractivity contribution < 1.29 is 23.5 Å². The van der Waals surface area contributed by atoms with E-state index in [1.807, 2.05) is 25.1 Å². The van der Waals surface area contributed by atoms with Crippen molar-refractivity contribution in [2.24, 2.45) is 0 Å². The van der Waals surface area contributed by atoms with Crippen LogP contribution in [-0.4, -0.2) is 87.5 Å². The number of ether oxygens (including phenoxy) is 2. The number of likely N-dealkylation sites (N-methyl/N-ethyl adjacent to an activating group) is 1. The first kappa shape index (κ1) is 42.2. The third-order valence-electron chi connectivity index (χ3n) is 8.51. The maximum Gasteiger partial charge on any atom is 0.291 e. The van der Waals surface area contributed by atoms with E-state index >= 15 is 0 Å². The Morgan fingerprint density at radius 3 is 1.69 bits per heavy atom. The number of methoxy groups -OCH3 is 2. The van der Waals surface area contributed by atoms with Crippen LogP contribution in [0.4, 0.5) is 27.1 Å². The number of ketones is 2. The SMILES string of the molecule is CCn1nc(-c2cccnc2)c(C(=O)CN(C)C)c(Nc2cccc(OC)c2)c1=O.CCn1nc(-c2cccnc2)c(C(=O)COC)c(Nc2cccc(F)c2)c1=O. The fourth-order valence-corrected chi connectivity index (χ4v) is 5.88. The maximum atomic E-state index is 13.6. The smallest absolute Gasteiger partial charge is 0.291 e. The highest BCUT2D eigenvalue weighted by atomic mass is 19.1. The number of nitrogens with zero attached hydrogens (tertiary/aromatic N) is 7. The van der Waals surface area contributed by atoms with Gasteiger partial charge in [0.2, 0.25) is 0 Å². The van der Waals surface area contributed by atoms with Crippen LogP contribution in [0, 0.1) is 5.82 Å². The molecule has 0 bridgehead atoms. The second kappa shape index (κ2) is 19.8. The molecule has 0 unspecified atom stereocenters. The summed E-state index contributed by atoms with van der Waals surface area (Å²) in [6.07, 6.45) is 6.44. The fourth-order valence-electron chi connectivity index (χ4n) is 5.88. The molecule has 300 valence electrons. The highest BCUT2D eigenvalue weighted by molar-refractivity contribution is 6.08. The molecule has 0 saturated heterocycles. The Balaban J connectivity index is 0.000000221. The average molecular weight is 790 g/mol. The Hall–Kier alpha value is -6.91. The van der Waals surface area contributed by atoms with Crippen LogP contribution in [0.2, 0.25) is 0 Å². The molecule has 15 nitrogen and oxygen atoms in total. The number of benzene rings is 2. The molecule has 0 fully saturated rings.